The third kappa shape index (κ3) is 0.905. The number of hydrogen-bond acceptors (Lipinski definition) is 1. The summed E-state index contributed by atoms with van der Waals surface area (Å²) in [6.07, 6.45) is 0. The minimum atomic E-state index is -1.65. The van der Waals surface area contributed by atoms with Crippen LogP contribution in [0.2, 0.25) is 0 Å². The van der Waals surface area contributed by atoms with Gasteiger partial charge < -0.3 is 5.11 Å². The number of rotatable bonds is 0. The first-order valence-corrected chi connectivity index (χ1v) is 3.57. The monoisotopic (exact) mass is 205 g/mol. The minimum Gasteiger partial charge on any atom is -0.503 e. The quantitative estimate of drug-likeness (QED) is 0.656. The predicted molar refractivity (Wildman–Crippen MR) is 40.0 cm³/mol. The van der Waals surface area contributed by atoms with Crippen LogP contribution in [0, 0.1) is 17.6 Å². The molecule has 0 fully saturated rings. The lowest BCUT2D eigenvalue weighted by Crippen LogP contribution is -1.87. The van der Waals surface area contributed by atoms with E-state index in [1.165, 1.54) is 0 Å². The zero-order valence-electron chi connectivity index (χ0n) is 6.56. The fraction of sp³-hybridized carbons (Fsp3) is 0. The van der Waals surface area contributed by atoms with Crippen LogP contribution in [0.1, 0.15) is 0 Å². The van der Waals surface area contributed by atoms with Crippen molar-refractivity contribution in [1.82, 2.24) is 4.79 Å². The van der Waals surface area contributed by atoms with E-state index < -0.39 is 39.0 Å². The van der Waals surface area contributed by atoms with E-state index in [0.29, 0.717) is 6.07 Å². The Labute approximate surface area is 74.9 Å². The summed E-state index contributed by atoms with van der Waals surface area (Å²) in [5.74, 6) is -5.64. The molecule has 0 saturated carbocycles. The summed E-state index contributed by atoms with van der Waals surface area (Å²) in [5, 5.41) is 8.14. The van der Waals surface area contributed by atoms with Crippen molar-refractivity contribution in [3.63, 3.8) is 0 Å². The van der Waals surface area contributed by atoms with Crippen LogP contribution in [0.5, 0.6) is 5.75 Å². The summed E-state index contributed by atoms with van der Waals surface area (Å²) in [4.78, 5) is -0.548. The maximum Gasteiger partial charge on any atom is 0.265 e. The van der Waals surface area contributed by atoms with Gasteiger partial charge >= 0.3 is 0 Å². The Morgan fingerprint density at radius 3 is 2.43 bits per heavy atom. The third-order valence-corrected chi connectivity index (χ3v) is 1.89. The van der Waals surface area contributed by atoms with Crippen LogP contribution in [0.4, 0.5) is 17.7 Å². The highest BCUT2D eigenvalue weighted by molar-refractivity contribution is 5.87. The van der Waals surface area contributed by atoms with Gasteiger partial charge in [0.1, 0.15) is 0 Å². The van der Waals surface area contributed by atoms with E-state index in [1.807, 2.05) is 0 Å². The first-order chi connectivity index (χ1) is 6.54. The third-order valence-electron chi connectivity index (χ3n) is 1.89. The van der Waals surface area contributed by atoms with Gasteiger partial charge in [-0.25, -0.2) is 8.78 Å². The van der Waals surface area contributed by atoms with Crippen molar-refractivity contribution >= 4 is 10.9 Å². The van der Waals surface area contributed by atoms with E-state index in [1.54, 1.807) is 0 Å². The van der Waals surface area contributed by atoms with Gasteiger partial charge in [0, 0.05) is 0 Å². The molecular formula is C8H3F4NO. The number of benzene rings is 1. The Bertz CT molecular complexity index is 520. The minimum absolute atomic E-state index is 0.548. The standard InChI is InChI=1S/C8H3F4NO/c9-3-1-2-4-5(6(3)10)7(14)8(11)13(4)12/h1-2,14H. The lowest BCUT2D eigenvalue weighted by molar-refractivity contribution is 0.296. The molecule has 0 aliphatic heterocycles. The van der Waals surface area contributed by atoms with Gasteiger partial charge in [0.05, 0.1) is 10.9 Å². The van der Waals surface area contributed by atoms with E-state index in [2.05, 4.69) is 0 Å². The summed E-state index contributed by atoms with van der Waals surface area (Å²) >= 11 is 0. The molecule has 0 aliphatic carbocycles. The fourth-order valence-electron chi connectivity index (χ4n) is 1.23. The summed E-state index contributed by atoms with van der Waals surface area (Å²) in [5.41, 5.74) is -0.557. The maximum atomic E-state index is 13.0. The highest BCUT2D eigenvalue weighted by Crippen LogP contribution is 2.33. The number of aromatic nitrogens is 1. The Kier molecular flexibility index (Phi) is 1.67. The maximum absolute atomic E-state index is 13.0. The number of fused-ring (bicyclic) bond motifs is 1. The van der Waals surface area contributed by atoms with Crippen molar-refractivity contribution in [3.8, 4) is 5.75 Å². The molecule has 1 N–H and O–H groups in total. The lowest BCUT2D eigenvalue weighted by Gasteiger charge is -1.94. The normalized spacial score (nSPS) is 11.1. The average molecular weight is 205 g/mol. The molecule has 1 heterocycles. The van der Waals surface area contributed by atoms with Gasteiger partial charge in [-0.15, -0.1) is 4.79 Å². The number of aromatic hydroxyl groups is 1. The molecule has 2 aromatic rings. The molecular weight excluding hydrogens is 202 g/mol. The molecule has 0 amide bonds. The van der Waals surface area contributed by atoms with Gasteiger partial charge in [-0.3, -0.25) is 0 Å². The second-order valence-corrected chi connectivity index (χ2v) is 2.68. The second-order valence-electron chi connectivity index (χ2n) is 2.68. The summed E-state index contributed by atoms with van der Waals surface area (Å²) < 4.78 is 51.1. The summed E-state index contributed by atoms with van der Waals surface area (Å²) in [6, 6.07) is 1.48. The zero-order chi connectivity index (χ0) is 10.5. The summed E-state index contributed by atoms with van der Waals surface area (Å²) in [6.45, 7) is 0. The Hall–Kier alpha value is -1.72. The Morgan fingerprint density at radius 1 is 1.14 bits per heavy atom. The van der Waals surface area contributed by atoms with Gasteiger partial charge in [0.25, 0.3) is 5.95 Å². The molecule has 1 aromatic carbocycles. The number of halogens is 4. The molecule has 0 atom stereocenters. The molecule has 0 radical (unpaired) electrons. The lowest BCUT2D eigenvalue weighted by atomic mass is 10.2. The van der Waals surface area contributed by atoms with E-state index >= 15 is 0 Å². The van der Waals surface area contributed by atoms with Gasteiger partial charge in [-0.05, 0) is 12.1 Å². The topological polar surface area (TPSA) is 25.2 Å². The van der Waals surface area contributed by atoms with Crippen LogP contribution in [0.3, 0.4) is 0 Å². The van der Waals surface area contributed by atoms with Crippen molar-refractivity contribution in [1.29, 1.82) is 0 Å². The van der Waals surface area contributed by atoms with Crippen LogP contribution in [-0.2, 0) is 0 Å². The molecule has 6 heteroatoms. The van der Waals surface area contributed by atoms with Gasteiger partial charge in [-0.1, -0.05) is 4.48 Å². The molecule has 0 unspecified atom stereocenters. The van der Waals surface area contributed by atoms with Crippen LogP contribution < -0.4 is 0 Å². The molecule has 0 spiro atoms. The fourth-order valence-corrected chi connectivity index (χ4v) is 1.23. The Balaban J connectivity index is 3.03. The van der Waals surface area contributed by atoms with E-state index in [4.69, 9.17) is 5.11 Å². The SMILES string of the molecule is Oc1c(F)n(F)c2ccc(F)c(F)c12. The smallest absolute Gasteiger partial charge is 0.265 e. The van der Waals surface area contributed by atoms with Gasteiger partial charge in [0.15, 0.2) is 17.4 Å². The van der Waals surface area contributed by atoms with Crippen LogP contribution in [0.15, 0.2) is 12.1 Å². The van der Waals surface area contributed by atoms with Crippen molar-refractivity contribution in [2.45, 2.75) is 0 Å². The Morgan fingerprint density at radius 2 is 1.79 bits per heavy atom. The van der Waals surface area contributed by atoms with Crippen molar-refractivity contribution in [2.24, 2.45) is 0 Å². The molecule has 1 aromatic heterocycles. The molecule has 74 valence electrons. The molecule has 0 bridgehead atoms. The van der Waals surface area contributed by atoms with Crippen LogP contribution in [-0.4, -0.2) is 9.90 Å². The van der Waals surface area contributed by atoms with Crippen molar-refractivity contribution in [3.05, 3.63) is 29.7 Å². The molecule has 2 nitrogen and oxygen atoms in total. The van der Waals surface area contributed by atoms with Crippen LogP contribution >= 0.6 is 0 Å². The second kappa shape index (κ2) is 2.63. The van der Waals surface area contributed by atoms with Crippen molar-refractivity contribution in [2.75, 3.05) is 0 Å². The highest BCUT2D eigenvalue weighted by Gasteiger charge is 2.21. The van der Waals surface area contributed by atoms with Crippen LogP contribution in [0.25, 0.3) is 10.9 Å². The molecule has 14 heavy (non-hydrogen) atoms. The summed E-state index contributed by atoms with van der Waals surface area (Å²) in [7, 11) is 0. The molecule has 0 aliphatic rings. The van der Waals surface area contributed by atoms with Gasteiger partial charge in [0.2, 0.25) is 0 Å². The molecule has 0 saturated heterocycles. The number of nitrogens with zero attached hydrogens (tertiary/aromatic N) is 1. The first-order valence-electron chi connectivity index (χ1n) is 3.57. The predicted octanol–water partition coefficient (Wildman–Crippen LogP) is 2.50. The first kappa shape index (κ1) is 8.86. The average Bonchev–Trinajstić information content (AvgIpc) is 2.38. The zero-order valence-corrected chi connectivity index (χ0v) is 6.56. The van der Waals surface area contributed by atoms with E-state index in [-0.39, 0.29) is 0 Å². The van der Waals surface area contributed by atoms with E-state index in [0.717, 1.165) is 6.07 Å². The van der Waals surface area contributed by atoms with Crippen molar-refractivity contribution < 1.29 is 22.8 Å². The largest absolute Gasteiger partial charge is 0.503 e. The molecule has 2 rings (SSSR count). The number of hydrogen-bond donors (Lipinski definition) is 1. The highest BCUT2D eigenvalue weighted by atomic mass is 19.2. The van der Waals surface area contributed by atoms with E-state index in [9.17, 15) is 17.7 Å². The van der Waals surface area contributed by atoms with Gasteiger partial charge in [-0.2, -0.15) is 4.39 Å².